The van der Waals surface area contributed by atoms with E-state index in [9.17, 15) is 4.21 Å². The minimum atomic E-state index is -2.22. The summed E-state index contributed by atoms with van der Waals surface area (Å²) in [5.74, 6) is 1.32. The van der Waals surface area contributed by atoms with Gasteiger partial charge < -0.3 is 20.4 Å². The zero-order valence-electron chi connectivity index (χ0n) is 13.5. The molecule has 1 aliphatic heterocycles. The average molecular weight is 317 g/mol. The van der Waals surface area contributed by atoms with Crippen molar-refractivity contribution >= 4 is 15.6 Å². The fraction of sp³-hybridized carbons (Fsp3) is 0.769. The molecule has 1 saturated heterocycles. The molecule has 1 fully saturated rings. The van der Waals surface area contributed by atoms with Gasteiger partial charge in [0.15, 0.2) is 5.84 Å². The molecule has 2 N–H and O–H groups in total. The van der Waals surface area contributed by atoms with Gasteiger partial charge >= 0.3 is 0 Å². The molecule has 1 rings (SSSR count). The van der Waals surface area contributed by atoms with Gasteiger partial charge in [-0.1, -0.05) is 0 Å². The first-order chi connectivity index (χ1) is 9.87. The molecule has 1 atom stereocenters. The third kappa shape index (κ3) is 6.34. The van der Waals surface area contributed by atoms with Crippen LogP contribution in [0.4, 0.5) is 0 Å². The summed E-state index contributed by atoms with van der Waals surface area (Å²) >= 11 is 0. The highest BCUT2D eigenvalue weighted by atomic mass is 32.2. The monoisotopic (exact) mass is 317 g/mol. The Morgan fingerprint density at radius 3 is 2.76 bits per heavy atom. The third-order valence-corrected chi connectivity index (χ3v) is 3.49. The summed E-state index contributed by atoms with van der Waals surface area (Å²) < 4.78 is 21.5. The Labute approximate surface area is 128 Å². The Balaban J connectivity index is 3.10. The lowest BCUT2D eigenvalue weighted by atomic mass is 10.2. The van der Waals surface area contributed by atoms with Gasteiger partial charge in [-0.3, -0.25) is 0 Å². The summed E-state index contributed by atoms with van der Waals surface area (Å²) in [6, 6.07) is 0.234. The van der Waals surface area contributed by atoms with Crippen LogP contribution in [0.3, 0.4) is 0 Å². The van der Waals surface area contributed by atoms with Crippen molar-refractivity contribution < 1.29 is 8.95 Å². The van der Waals surface area contributed by atoms with Crippen LogP contribution in [0.25, 0.3) is 0 Å². The number of nitrogens with zero attached hydrogens (tertiary/aromatic N) is 3. The minimum Gasteiger partial charge on any atom is -0.377 e. The van der Waals surface area contributed by atoms with Gasteiger partial charge in [0.25, 0.3) is 0 Å². The topological polar surface area (TPSA) is 78.3 Å². The quantitative estimate of drug-likeness (QED) is 0.436. The smallest absolute Gasteiger partial charge is 0.152 e. The second-order valence-corrected chi connectivity index (χ2v) is 7.70. The lowest BCUT2D eigenvalue weighted by Gasteiger charge is -2.34. The zero-order valence-corrected chi connectivity index (χ0v) is 14.4. The number of morpholine rings is 1. The van der Waals surface area contributed by atoms with Gasteiger partial charge in [0.1, 0.15) is 5.82 Å². The number of ether oxygens (including phenoxy) is 1. The molecule has 0 aromatic rings. The first kappa shape index (κ1) is 17.8. The number of hydrazone groups is 1. The molecule has 0 spiro atoms. The van der Waals surface area contributed by atoms with Crippen LogP contribution in [0, 0.1) is 0 Å². The predicted molar refractivity (Wildman–Crippen MR) is 87.7 cm³/mol. The van der Waals surface area contributed by atoms with Crippen LogP contribution in [0.5, 0.6) is 0 Å². The summed E-state index contributed by atoms with van der Waals surface area (Å²) in [4.78, 5) is 2.16. The highest BCUT2D eigenvalue weighted by Gasteiger charge is 2.21. The van der Waals surface area contributed by atoms with Crippen LogP contribution in [0.1, 0.15) is 13.8 Å². The molecule has 0 saturated carbocycles. The molecule has 0 aromatic carbocycles. The maximum absolute atomic E-state index is 11.9. The van der Waals surface area contributed by atoms with Crippen LogP contribution in [0.2, 0.25) is 0 Å². The van der Waals surface area contributed by atoms with Gasteiger partial charge in [-0.15, -0.1) is 0 Å². The number of hydrogen-bond donors (Lipinski definition) is 2. The van der Waals surface area contributed by atoms with E-state index < -0.39 is 9.73 Å². The van der Waals surface area contributed by atoms with Gasteiger partial charge in [-0.25, -0.2) is 4.21 Å². The average Bonchev–Trinajstić information content (AvgIpc) is 2.41. The fourth-order valence-electron chi connectivity index (χ4n) is 1.91. The van der Waals surface area contributed by atoms with E-state index in [4.69, 9.17) is 4.74 Å². The van der Waals surface area contributed by atoms with Crippen LogP contribution in [0.15, 0.2) is 21.4 Å². The Kier molecular flexibility index (Phi) is 6.97. The standard InChI is InChI=1S/C13H27N5O2S/c1-6-15-16-13(18-7-8-20-10-11(18)2)9-12(14-3)17-21(4,5)19/h9,11,14-15H,6-8,10H2,1-5H3/b12-9+,16-13+/t11-/m1/s1. The van der Waals surface area contributed by atoms with Crippen LogP contribution in [-0.4, -0.2) is 66.8 Å². The Hall–Kier alpha value is -1.28. The van der Waals surface area contributed by atoms with Gasteiger partial charge in [0.05, 0.1) is 19.3 Å². The largest absolute Gasteiger partial charge is 0.377 e. The first-order valence-electron chi connectivity index (χ1n) is 7.09. The molecule has 8 heteroatoms. The van der Waals surface area contributed by atoms with E-state index in [2.05, 4.69) is 32.0 Å². The summed E-state index contributed by atoms with van der Waals surface area (Å²) in [6.07, 6.45) is 5.03. The predicted octanol–water partition coefficient (Wildman–Crippen LogP) is 0.419. The van der Waals surface area contributed by atoms with Crippen LogP contribution in [-0.2, 0) is 14.5 Å². The molecular formula is C13H27N5O2S. The Morgan fingerprint density at radius 2 is 2.24 bits per heavy atom. The molecule has 7 nitrogen and oxygen atoms in total. The van der Waals surface area contributed by atoms with Crippen molar-refractivity contribution in [2.45, 2.75) is 19.9 Å². The molecule has 0 amide bonds. The molecule has 122 valence electrons. The Morgan fingerprint density at radius 1 is 1.52 bits per heavy atom. The van der Waals surface area contributed by atoms with Crippen molar-refractivity contribution in [2.75, 3.05) is 45.9 Å². The summed E-state index contributed by atoms with van der Waals surface area (Å²) in [5, 5.41) is 7.37. The van der Waals surface area contributed by atoms with Crippen LogP contribution < -0.4 is 10.7 Å². The van der Waals surface area contributed by atoms with E-state index in [0.29, 0.717) is 19.0 Å². The lowest BCUT2D eigenvalue weighted by molar-refractivity contribution is 0.0334. The molecule has 0 aliphatic carbocycles. The SMILES string of the molecule is CCN/N=C(\C=C(\N=S(C)(C)=O)NC)N1CCOC[C@H]1C. The molecule has 0 radical (unpaired) electrons. The van der Waals surface area contributed by atoms with Crippen molar-refractivity contribution in [1.29, 1.82) is 0 Å². The van der Waals surface area contributed by atoms with Crippen molar-refractivity contribution in [3.63, 3.8) is 0 Å². The van der Waals surface area contributed by atoms with Gasteiger partial charge in [-0.2, -0.15) is 9.46 Å². The van der Waals surface area contributed by atoms with E-state index in [1.165, 1.54) is 0 Å². The van der Waals surface area contributed by atoms with Crippen molar-refractivity contribution in [2.24, 2.45) is 9.46 Å². The molecular weight excluding hydrogens is 290 g/mol. The minimum absolute atomic E-state index is 0.234. The van der Waals surface area contributed by atoms with Gasteiger partial charge in [0, 0.05) is 48.5 Å². The number of rotatable bonds is 5. The molecule has 21 heavy (non-hydrogen) atoms. The molecule has 0 aromatic heterocycles. The van der Waals surface area contributed by atoms with Gasteiger partial charge in [-0.05, 0) is 13.8 Å². The molecule has 1 heterocycles. The second kappa shape index (κ2) is 8.23. The lowest BCUT2D eigenvalue weighted by Crippen LogP contribution is -2.47. The van der Waals surface area contributed by atoms with Crippen molar-refractivity contribution in [3.8, 4) is 0 Å². The Bertz CT molecular complexity index is 501. The normalized spacial score (nSPS) is 21.2. The second-order valence-electron chi connectivity index (χ2n) is 5.15. The van der Waals surface area contributed by atoms with E-state index in [1.807, 2.05) is 13.0 Å². The maximum atomic E-state index is 11.9. The molecule has 0 unspecified atom stereocenters. The highest BCUT2D eigenvalue weighted by molar-refractivity contribution is 7.92. The highest BCUT2D eigenvalue weighted by Crippen LogP contribution is 2.09. The summed E-state index contributed by atoms with van der Waals surface area (Å²) in [5.41, 5.74) is 2.98. The van der Waals surface area contributed by atoms with Crippen molar-refractivity contribution in [1.82, 2.24) is 15.6 Å². The first-order valence-corrected chi connectivity index (χ1v) is 9.42. The van der Waals surface area contributed by atoms with E-state index in [0.717, 1.165) is 18.9 Å². The van der Waals surface area contributed by atoms with E-state index in [1.54, 1.807) is 19.6 Å². The van der Waals surface area contributed by atoms with Crippen molar-refractivity contribution in [3.05, 3.63) is 11.9 Å². The summed E-state index contributed by atoms with van der Waals surface area (Å²) in [7, 11) is -0.462. The van der Waals surface area contributed by atoms with E-state index >= 15 is 0 Å². The number of amidine groups is 1. The zero-order chi connectivity index (χ0) is 15.9. The summed E-state index contributed by atoms with van der Waals surface area (Å²) in [6.45, 7) is 6.93. The fourth-order valence-corrected chi connectivity index (χ4v) is 2.53. The third-order valence-electron chi connectivity index (χ3n) is 2.85. The van der Waals surface area contributed by atoms with E-state index in [-0.39, 0.29) is 6.04 Å². The number of hydrogen-bond acceptors (Lipinski definition) is 6. The van der Waals surface area contributed by atoms with Crippen LogP contribution >= 0.6 is 0 Å². The maximum Gasteiger partial charge on any atom is 0.152 e. The molecule has 0 bridgehead atoms. The van der Waals surface area contributed by atoms with Gasteiger partial charge in [0.2, 0.25) is 0 Å². The number of nitrogens with one attached hydrogen (secondary N) is 2. The molecule has 1 aliphatic rings.